The van der Waals surface area contributed by atoms with Gasteiger partial charge in [0.05, 0.1) is 0 Å². The zero-order chi connectivity index (χ0) is 13.1. The van der Waals surface area contributed by atoms with Gasteiger partial charge in [-0.25, -0.2) is 4.79 Å². The van der Waals surface area contributed by atoms with Crippen LogP contribution in [-0.4, -0.2) is 29.1 Å². The number of carboxylic acid groups (broad SMARTS) is 1. The van der Waals surface area contributed by atoms with E-state index in [0.29, 0.717) is 0 Å². The number of likely N-dealkylation sites (N-methyl/N-ethyl adjacent to an activating group) is 1. The Morgan fingerprint density at radius 3 is 2.35 bits per heavy atom. The van der Waals surface area contributed by atoms with Gasteiger partial charge >= 0.3 is 5.97 Å². The average Bonchev–Trinajstić information content (AvgIpc) is 2.36. The molecule has 1 aromatic carbocycles. The lowest BCUT2D eigenvalue weighted by Crippen LogP contribution is -2.51. The molecular formula is C14H21NO2. The number of hydrogen-bond acceptors (Lipinski definition) is 2. The summed E-state index contributed by atoms with van der Waals surface area (Å²) in [6, 6.07) is 9.60. The molecule has 3 nitrogen and oxygen atoms in total. The SMILES string of the molecule is CCC(C)N(C)C(C)(C(=O)O)c1ccccc1. The molecule has 0 saturated heterocycles. The van der Waals surface area contributed by atoms with Gasteiger partial charge in [0.25, 0.3) is 0 Å². The molecule has 0 saturated carbocycles. The Balaban J connectivity index is 3.19. The van der Waals surface area contributed by atoms with Crippen molar-refractivity contribution in [1.29, 1.82) is 0 Å². The van der Waals surface area contributed by atoms with Crippen molar-refractivity contribution in [2.45, 2.75) is 38.8 Å². The summed E-state index contributed by atoms with van der Waals surface area (Å²) < 4.78 is 0. The molecule has 0 radical (unpaired) electrons. The van der Waals surface area contributed by atoms with Gasteiger partial charge in [-0.3, -0.25) is 4.90 Å². The summed E-state index contributed by atoms with van der Waals surface area (Å²) in [5.74, 6) is -0.813. The number of benzene rings is 1. The summed E-state index contributed by atoms with van der Waals surface area (Å²) in [5.41, 5.74) is -0.160. The monoisotopic (exact) mass is 235 g/mol. The molecule has 17 heavy (non-hydrogen) atoms. The molecule has 0 amide bonds. The van der Waals surface area contributed by atoms with Crippen LogP contribution in [0.15, 0.2) is 30.3 Å². The molecule has 3 heteroatoms. The van der Waals surface area contributed by atoms with Gasteiger partial charge in [0.2, 0.25) is 0 Å². The predicted molar refractivity (Wildman–Crippen MR) is 68.9 cm³/mol. The van der Waals surface area contributed by atoms with E-state index in [1.807, 2.05) is 49.2 Å². The first-order valence-electron chi connectivity index (χ1n) is 5.96. The Hall–Kier alpha value is -1.35. The van der Waals surface area contributed by atoms with Crippen molar-refractivity contribution < 1.29 is 9.90 Å². The molecule has 0 fully saturated rings. The molecule has 0 aliphatic heterocycles. The van der Waals surface area contributed by atoms with Crippen molar-refractivity contribution in [2.75, 3.05) is 7.05 Å². The van der Waals surface area contributed by atoms with Crippen LogP contribution < -0.4 is 0 Å². The van der Waals surface area contributed by atoms with Crippen LogP contribution in [0, 0.1) is 0 Å². The van der Waals surface area contributed by atoms with E-state index < -0.39 is 11.5 Å². The third-order valence-electron chi connectivity index (χ3n) is 3.71. The second kappa shape index (κ2) is 5.32. The molecular weight excluding hydrogens is 214 g/mol. The van der Waals surface area contributed by atoms with E-state index in [1.54, 1.807) is 6.92 Å². The van der Waals surface area contributed by atoms with Crippen molar-refractivity contribution in [1.82, 2.24) is 4.90 Å². The van der Waals surface area contributed by atoms with Gasteiger partial charge in [-0.05, 0) is 32.9 Å². The van der Waals surface area contributed by atoms with Crippen molar-refractivity contribution in [3.8, 4) is 0 Å². The number of rotatable bonds is 5. The molecule has 1 aromatic rings. The molecule has 0 aliphatic rings. The number of carboxylic acids is 1. The van der Waals surface area contributed by atoms with Crippen LogP contribution >= 0.6 is 0 Å². The van der Waals surface area contributed by atoms with Crippen LogP contribution in [0.25, 0.3) is 0 Å². The van der Waals surface area contributed by atoms with Crippen molar-refractivity contribution >= 4 is 5.97 Å². The highest BCUT2D eigenvalue weighted by Gasteiger charge is 2.40. The smallest absolute Gasteiger partial charge is 0.328 e. The molecule has 2 unspecified atom stereocenters. The van der Waals surface area contributed by atoms with Crippen molar-refractivity contribution in [2.24, 2.45) is 0 Å². The normalized spacial score (nSPS) is 16.5. The third-order valence-corrected chi connectivity index (χ3v) is 3.71. The molecule has 2 atom stereocenters. The zero-order valence-corrected chi connectivity index (χ0v) is 11.0. The summed E-state index contributed by atoms with van der Waals surface area (Å²) in [6.07, 6.45) is 0.923. The highest BCUT2D eigenvalue weighted by atomic mass is 16.4. The van der Waals surface area contributed by atoms with Crippen LogP contribution in [0.1, 0.15) is 32.8 Å². The van der Waals surface area contributed by atoms with E-state index >= 15 is 0 Å². The first-order chi connectivity index (χ1) is 7.94. The Bertz CT molecular complexity index is 377. The number of hydrogen-bond donors (Lipinski definition) is 1. The van der Waals surface area contributed by atoms with E-state index in [9.17, 15) is 9.90 Å². The number of nitrogens with zero attached hydrogens (tertiary/aromatic N) is 1. The second-order valence-electron chi connectivity index (χ2n) is 4.61. The quantitative estimate of drug-likeness (QED) is 0.853. The van der Waals surface area contributed by atoms with E-state index in [0.717, 1.165) is 12.0 Å². The van der Waals surface area contributed by atoms with Gasteiger partial charge in [-0.2, -0.15) is 0 Å². The van der Waals surface area contributed by atoms with Crippen LogP contribution in [0.4, 0.5) is 0 Å². The van der Waals surface area contributed by atoms with E-state index in [1.165, 1.54) is 0 Å². The largest absolute Gasteiger partial charge is 0.480 e. The molecule has 0 bridgehead atoms. The standard InChI is InChI=1S/C14H21NO2/c1-5-11(2)15(4)14(3,13(16)17)12-9-7-6-8-10-12/h6-11H,5H2,1-4H3,(H,16,17). The topological polar surface area (TPSA) is 40.5 Å². The van der Waals surface area contributed by atoms with Gasteiger partial charge < -0.3 is 5.11 Å². The maximum atomic E-state index is 11.6. The first kappa shape index (κ1) is 13.7. The lowest BCUT2D eigenvalue weighted by atomic mass is 9.89. The molecule has 0 heterocycles. The Morgan fingerprint density at radius 2 is 1.94 bits per heavy atom. The van der Waals surface area contributed by atoms with Crippen LogP contribution in [-0.2, 0) is 10.3 Å². The van der Waals surface area contributed by atoms with Gasteiger partial charge in [-0.1, -0.05) is 37.3 Å². The molecule has 0 aromatic heterocycles. The Labute approximate surface area is 103 Å². The minimum absolute atomic E-state index is 0.219. The van der Waals surface area contributed by atoms with Crippen molar-refractivity contribution in [3.63, 3.8) is 0 Å². The lowest BCUT2D eigenvalue weighted by Gasteiger charge is -2.39. The fourth-order valence-electron chi connectivity index (χ4n) is 1.96. The van der Waals surface area contributed by atoms with Gasteiger partial charge in [0.15, 0.2) is 0 Å². The minimum atomic E-state index is -0.976. The Kier molecular flexibility index (Phi) is 4.29. The highest BCUT2D eigenvalue weighted by Crippen LogP contribution is 2.29. The number of carbonyl (C=O) groups is 1. The lowest BCUT2D eigenvalue weighted by molar-refractivity contribution is -0.151. The minimum Gasteiger partial charge on any atom is -0.480 e. The maximum absolute atomic E-state index is 11.6. The highest BCUT2D eigenvalue weighted by molar-refractivity contribution is 5.80. The van der Waals surface area contributed by atoms with Crippen LogP contribution in [0.3, 0.4) is 0 Å². The average molecular weight is 235 g/mol. The van der Waals surface area contributed by atoms with Gasteiger partial charge in [0, 0.05) is 6.04 Å². The van der Waals surface area contributed by atoms with Crippen LogP contribution in [0.5, 0.6) is 0 Å². The summed E-state index contributed by atoms with van der Waals surface area (Å²) >= 11 is 0. The maximum Gasteiger partial charge on any atom is 0.328 e. The second-order valence-corrected chi connectivity index (χ2v) is 4.61. The molecule has 94 valence electrons. The summed E-state index contributed by atoms with van der Waals surface area (Å²) in [6.45, 7) is 5.87. The van der Waals surface area contributed by atoms with Crippen molar-refractivity contribution in [3.05, 3.63) is 35.9 Å². The zero-order valence-electron chi connectivity index (χ0n) is 11.0. The molecule has 0 aliphatic carbocycles. The third kappa shape index (κ3) is 2.50. The summed E-state index contributed by atoms with van der Waals surface area (Å²) in [7, 11) is 1.87. The van der Waals surface area contributed by atoms with E-state index in [2.05, 4.69) is 6.92 Å². The fourth-order valence-corrected chi connectivity index (χ4v) is 1.96. The molecule has 1 rings (SSSR count). The van der Waals surface area contributed by atoms with E-state index in [4.69, 9.17) is 0 Å². The first-order valence-corrected chi connectivity index (χ1v) is 5.96. The molecule has 1 N–H and O–H groups in total. The van der Waals surface area contributed by atoms with Gasteiger partial charge in [0.1, 0.15) is 5.54 Å². The Morgan fingerprint density at radius 1 is 1.41 bits per heavy atom. The summed E-state index contributed by atoms with van der Waals surface area (Å²) in [4.78, 5) is 13.6. The molecule has 0 spiro atoms. The van der Waals surface area contributed by atoms with E-state index in [-0.39, 0.29) is 6.04 Å². The predicted octanol–water partition coefficient (Wildman–Crippen LogP) is 2.72. The summed E-state index contributed by atoms with van der Waals surface area (Å²) in [5, 5.41) is 9.56. The fraction of sp³-hybridized carbons (Fsp3) is 0.500. The van der Waals surface area contributed by atoms with Crippen LogP contribution in [0.2, 0.25) is 0 Å². The van der Waals surface area contributed by atoms with Gasteiger partial charge in [-0.15, -0.1) is 0 Å². The number of aliphatic carboxylic acids is 1.